The fourth-order valence-electron chi connectivity index (χ4n) is 2.01. The molecule has 1 saturated heterocycles. The van der Waals surface area contributed by atoms with Crippen LogP contribution in [0, 0.1) is 11.8 Å². The van der Waals surface area contributed by atoms with Crippen LogP contribution in [0.3, 0.4) is 0 Å². The SMILES string of the molecule is CC1(NC(=O)c2sccc2C#CCN)CCOCC1. The molecule has 0 atom stereocenters. The molecule has 1 aromatic rings. The van der Waals surface area contributed by atoms with Gasteiger partial charge in [0.15, 0.2) is 0 Å². The lowest BCUT2D eigenvalue weighted by molar-refractivity contribution is 0.0424. The largest absolute Gasteiger partial charge is 0.381 e. The molecule has 0 aliphatic carbocycles. The third-order valence-corrected chi connectivity index (χ3v) is 4.12. The number of hydrogen-bond acceptors (Lipinski definition) is 4. The van der Waals surface area contributed by atoms with Crippen LogP contribution >= 0.6 is 11.3 Å². The van der Waals surface area contributed by atoms with E-state index in [4.69, 9.17) is 10.5 Å². The molecule has 0 bridgehead atoms. The van der Waals surface area contributed by atoms with E-state index in [0.29, 0.717) is 24.6 Å². The molecule has 0 radical (unpaired) electrons. The topological polar surface area (TPSA) is 64.4 Å². The Hall–Kier alpha value is -1.35. The van der Waals surface area contributed by atoms with E-state index in [1.54, 1.807) is 0 Å². The molecule has 0 aromatic carbocycles. The molecule has 102 valence electrons. The first-order valence-corrected chi connectivity index (χ1v) is 7.19. The lowest BCUT2D eigenvalue weighted by atomic mass is 9.92. The molecule has 0 spiro atoms. The molecular weight excluding hydrogens is 260 g/mol. The van der Waals surface area contributed by atoms with Crippen LogP contribution in [0.5, 0.6) is 0 Å². The van der Waals surface area contributed by atoms with Gasteiger partial charge < -0.3 is 15.8 Å². The van der Waals surface area contributed by atoms with Gasteiger partial charge in [-0.2, -0.15) is 0 Å². The van der Waals surface area contributed by atoms with Crippen molar-refractivity contribution < 1.29 is 9.53 Å². The molecule has 0 unspecified atom stereocenters. The lowest BCUT2D eigenvalue weighted by Crippen LogP contribution is -2.49. The van der Waals surface area contributed by atoms with Crippen molar-refractivity contribution >= 4 is 17.2 Å². The van der Waals surface area contributed by atoms with Crippen LogP contribution < -0.4 is 11.1 Å². The van der Waals surface area contributed by atoms with E-state index in [0.717, 1.165) is 18.4 Å². The third-order valence-electron chi connectivity index (χ3n) is 3.21. The minimum Gasteiger partial charge on any atom is -0.381 e. The molecule has 1 fully saturated rings. The molecule has 1 aliphatic heterocycles. The van der Waals surface area contributed by atoms with Crippen LogP contribution in [-0.2, 0) is 4.74 Å². The molecule has 1 amide bonds. The van der Waals surface area contributed by atoms with E-state index < -0.39 is 0 Å². The molecule has 19 heavy (non-hydrogen) atoms. The van der Waals surface area contributed by atoms with Crippen LogP contribution in [0.25, 0.3) is 0 Å². The number of thiophene rings is 1. The van der Waals surface area contributed by atoms with Gasteiger partial charge in [0, 0.05) is 24.3 Å². The van der Waals surface area contributed by atoms with Crippen molar-refractivity contribution in [2.45, 2.75) is 25.3 Å². The summed E-state index contributed by atoms with van der Waals surface area (Å²) in [6, 6.07) is 1.86. The Morgan fingerprint density at radius 1 is 1.58 bits per heavy atom. The predicted octanol–water partition coefficient (Wildman–Crippen LogP) is 1.36. The van der Waals surface area contributed by atoms with Gasteiger partial charge in [0.2, 0.25) is 0 Å². The smallest absolute Gasteiger partial charge is 0.263 e. The zero-order valence-corrected chi connectivity index (χ0v) is 11.8. The average Bonchev–Trinajstić information content (AvgIpc) is 2.85. The summed E-state index contributed by atoms with van der Waals surface area (Å²) >= 11 is 1.41. The monoisotopic (exact) mass is 278 g/mol. The highest BCUT2D eigenvalue weighted by atomic mass is 32.1. The van der Waals surface area contributed by atoms with Gasteiger partial charge in [-0.05, 0) is 31.2 Å². The Morgan fingerprint density at radius 2 is 2.32 bits per heavy atom. The number of carbonyl (C=O) groups is 1. The Bertz CT molecular complexity index is 507. The number of rotatable bonds is 2. The van der Waals surface area contributed by atoms with Crippen molar-refractivity contribution in [3.05, 3.63) is 21.9 Å². The maximum atomic E-state index is 12.3. The average molecular weight is 278 g/mol. The second-order valence-electron chi connectivity index (χ2n) is 4.80. The van der Waals surface area contributed by atoms with E-state index in [2.05, 4.69) is 24.1 Å². The number of nitrogens with two attached hydrogens (primary N) is 1. The Kier molecular flexibility index (Phi) is 4.59. The minimum atomic E-state index is -0.183. The van der Waals surface area contributed by atoms with Crippen molar-refractivity contribution in [2.24, 2.45) is 5.73 Å². The summed E-state index contributed by atoms with van der Waals surface area (Å²) in [5.41, 5.74) is 5.93. The summed E-state index contributed by atoms with van der Waals surface area (Å²) in [7, 11) is 0. The molecule has 2 rings (SSSR count). The van der Waals surface area contributed by atoms with Gasteiger partial charge in [-0.3, -0.25) is 4.79 Å². The molecule has 4 nitrogen and oxygen atoms in total. The first kappa shape index (κ1) is 14.1. The molecular formula is C14H18N2O2S. The number of carbonyl (C=O) groups excluding carboxylic acids is 1. The normalized spacial score (nSPS) is 17.4. The van der Waals surface area contributed by atoms with Crippen molar-refractivity contribution in [1.29, 1.82) is 0 Å². The highest BCUT2D eigenvalue weighted by molar-refractivity contribution is 7.12. The minimum absolute atomic E-state index is 0.0549. The highest BCUT2D eigenvalue weighted by Crippen LogP contribution is 2.22. The van der Waals surface area contributed by atoms with E-state index >= 15 is 0 Å². The summed E-state index contributed by atoms with van der Waals surface area (Å²) in [4.78, 5) is 13.0. The van der Waals surface area contributed by atoms with Gasteiger partial charge in [-0.25, -0.2) is 0 Å². The zero-order valence-electron chi connectivity index (χ0n) is 11.0. The lowest BCUT2D eigenvalue weighted by Gasteiger charge is -2.34. The maximum absolute atomic E-state index is 12.3. The number of amides is 1. The summed E-state index contributed by atoms with van der Waals surface area (Å²) < 4.78 is 5.33. The standard InChI is InChI=1S/C14H18N2O2S/c1-14(5-8-18-9-6-14)16-13(17)12-11(3-2-7-15)4-10-19-12/h4,10H,5-9,15H2,1H3,(H,16,17). The Balaban J connectivity index is 2.09. The van der Waals surface area contributed by atoms with Crippen molar-refractivity contribution in [3.63, 3.8) is 0 Å². The molecule has 3 N–H and O–H groups in total. The van der Waals surface area contributed by atoms with Crippen molar-refractivity contribution in [1.82, 2.24) is 5.32 Å². The van der Waals surface area contributed by atoms with Crippen molar-refractivity contribution in [3.8, 4) is 11.8 Å². The Labute approximate surface area is 117 Å². The summed E-state index contributed by atoms with van der Waals surface area (Å²) in [6.07, 6.45) is 1.68. The van der Waals surface area contributed by atoms with Gasteiger partial charge in [0.05, 0.1) is 6.54 Å². The third kappa shape index (κ3) is 3.57. The summed E-state index contributed by atoms with van der Waals surface area (Å²) in [5, 5.41) is 4.98. The fourth-order valence-corrected chi connectivity index (χ4v) is 2.75. The van der Waals surface area contributed by atoms with Crippen LogP contribution in [0.15, 0.2) is 11.4 Å². The molecule has 0 saturated carbocycles. The van der Waals surface area contributed by atoms with Gasteiger partial charge in [-0.15, -0.1) is 11.3 Å². The van der Waals surface area contributed by atoms with E-state index in [1.165, 1.54) is 11.3 Å². The predicted molar refractivity (Wildman–Crippen MR) is 76.2 cm³/mol. The van der Waals surface area contributed by atoms with Crippen LogP contribution in [0.4, 0.5) is 0 Å². The first-order chi connectivity index (χ1) is 9.14. The number of ether oxygens (including phenoxy) is 1. The highest BCUT2D eigenvalue weighted by Gasteiger charge is 2.30. The molecule has 5 heteroatoms. The second-order valence-corrected chi connectivity index (χ2v) is 5.71. The molecule has 1 aliphatic rings. The Morgan fingerprint density at radius 3 is 3.00 bits per heavy atom. The van der Waals surface area contributed by atoms with Crippen LogP contribution in [0.2, 0.25) is 0 Å². The van der Waals surface area contributed by atoms with Crippen LogP contribution in [0.1, 0.15) is 35.0 Å². The van der Waals surface area contributed by atoms with Gasteiger partial charge >= 0.3 is 0 Å². The molecule has 1 aromatic heterocycles. The summed E-state index contributed by atoms with van der Waals surface area (Å²) in [5.74, 6) is 5.66. The van der Waals surface area contributed by atoms with E-state index in [1.807, 2.05) is 11.4 Å². The van der Waals surface area contributed by atoms with Crippen molar-refractivity contribution in [2.75, 3.05) is 19.8 Å². The van der Waals surface area contributed by atoms with Gasteiger partial charge in [0.25, 0.3) is 5.91 Å². The maximum Gasteiger partial charge on any atom is 0.263 e. The summed E-state index contributed by atoms with van der Waals surface area (Å²) in [6.45, 7) is 3.75. The number of nitrogens with one attached hydrogen (secondary N) is 1. The first-order valence-electron chi connectivity index (χ1n) is 6.31. The second kappa shape index (κ2) is 6.20. The van der Waals surface area contributed by atoms with E-state index in [-0.39, 0.29) is 11.4 Å². The van der Waals surface area contributed by atoms with E-state index in [9.17, 15) is 4.79 Å². The quantitative estimate of drug-likeness (QED) is 0.803. The van der Waals surface area contributed by atoms with Gasteiger partial charge in [-0.1, -0.05) is 11.8 Å². The van der Waals surface area contributed by atoms with Gasteiger partial charge in [0.1, 0.15) is 4.88 Å². The zero-order chi connectivity index (χ0) is 13.7. The fraction of sp³-hybridized carbons (Fsp3) is 0.500. The molecule has 2 heterocycles. The number of hydrogen-bond donors (Lipinski definition) is 2. The van der Waals surface area contributed by atoms with Crippen LogP contribution in [-0.4, -0.2) is 31.2 Å².